The van der Waals surface area contributed by atoms with Gasteiger partial charge in [0.25, 0.3) is 0 Å². The second-order valence-electron chi connectivity index (χ2n) is 14.6. The SMILES string of the molecule is CC(C)(C)c1cc(-c2ccccc2)ccc1N(c1ccc(-c2cccc3ccccc23)cc1)c1cccc2c1C(C)(C)c1ccccc1-2. The molecule has 48 heavy (non-hydrogen) atoms. The fourth-order valence-electron chi connectivity index (χ4n) is 7.82. The van der Waals surface area contributed by atoms with Gasteiger partial charge >= 0.3 is 0 Å². The molecule has 0 atom stereocenters. The molecule has 1 aliphatic rings. The van der Waals surface area contributed by atoms with E-state index >= 15 is 0 Å². The van der Waals surface area contributed by atoms with Crippen molar-refractivity contribution >= 4 is 27.8 Å². The van der Waals surface area contributed by atoms with Crippen molar-refractivity contribution in [2.75, 3.05) is 4.90 Å². The highest BCUT2D eigenvalue weighted by molar-refractivity contribution is 5.97. The molecule has 0 saturated heterocycles. The Kier molecular flexibility index (Phi) is 7.11. The summed E-state index contributed by atoms with van der Waals surface area (Å²) in [6.45, 7) is 11.8. The molecular weight excluding hydrogens is 579 g/mol. The fourth-order valence-corrected chi connectivity index (χ4v) is 7.82. The Morgan fingerprint density at radius 3 is 1.90 bits per heavy atom. The van der Waals surface area contributed by atoms with Crippen molar-refractivity contribution in [3.8, 4) is 33.4 Å². The molecule has 0 amide bonds. The van der Waals surface area contributed by atoms with Crippen LogP contribution in [0.5, 0.6) is 0 Å². The van der Waals surface area contributed by atoms with Gasteiger partial charge in [-0.05, 0) is 96.6 Å². The first-order valence-electron chi connectivity index (χ1n) is 17.0. The summed E-state index contributed by atoms with van der Waals surface area (Å²) in [5.74, 6) is 0. The number of hydrogen-bond acceptors (Lipinski definition) is 1. The van der Waals surface area contributed by atoms with Gasteiger partial charge in [0.1, 0.15) is 0 Å². The first kappa shape index (κ1) is 30.0. The number of fused-ring (bicyclic) bond motifs is 4. The van der Waals surface area contributed by atoms with Crippen molar-refractivity contribution in [2.24, 2.45) is 0 Å². The van der Waals surface area contributed by atoms with E-state index in [9.17, 15) is 0 Å². The van der Waals surface area contributed by atoms with E-state index in [0.29, 0.717) is 0 Å². The van der Waals surface area contributed by atoms with Crippen LogP contribution in [0.3, 0.4) is 0 Å². The number of nitrogens with zero attached hydrogens (tertiary/aromatic N) is 1. The highest BCUT2D eigenvalue weighted by Crippen LogP contribution is 2.55. The monoisotopic (exact) mass is 619 g/mol. The molecule has 0 radical (unpaired) electrons. The van der Waals surface area contributed by atoms with E-state index in [0.717, 1.165) is 5.69 Å². The second kappa shape index (κ2) is 11.4. The molecule has 0 bridgehead atoms. The van der Waals surface area contributed by atoms with Crippen LogP contribution in [0.4, 0.5) is 17.1 Å². The summed E-state index contributed by atoms with van der Waals surface area (Å²) in [6, 6.07) is 58.0. The molecule has 0 saturated carbocycles. The summed E-state index contributed by atoms with van der Waals surface area (Å²) in [5.41, 5.74) is 15.0. The Labute approximate surface area is 285 Å². The molecule has 0 aliphatic heterocycles. The van der Waals surface area contributed by atoms with Gasteiger partial charge in [-0.25, -0.2) is 0 Å². The molecule has 0 heterocycles. The quantitative estimate of drug-likeness (QED) is 0.185. The Morgan fingerprint density at radius 1 is 0.479 bits per heavy atom. The van der Waals surface area contributed by atoms with E-state index in [1.807, 2.05) is 0 Å². The Balaban J connectivity index is 1.36. The molecule has 0 spiro atoms. The third kappa shape index (κ3) is 4.93. The number of anilines is 3. The zero-order valence-electron chi connectivity index (χ0n) is 28.5. The van der Waals surface area contributed by atoms with E-state index in [4.69, 9.17) is 0 Å². The predicted octanol–water partition coefficient (Wildman–Crippen LogP) is 13.2. The smallest absolute Gasteiger partial charge is 0.0508 e. The zero-order chi connectivity index (χ0) is 33.0. The molecule has 0 N–H and O–H groups in total. The molecule has 0 fully saturated rings. The van der Waals surface area contributed by atoms with Crippen molar-refractivity contribution in [1.82, 2.24) is 0 Å². The van der Waals surface area contributed by atoms with E-state index in [1.165, 1.54) is 72.2 Å². The van der Waals surface area contributed by atoms with Crippen LogP contribution in [-0.2, 0) is 10.8 Å². The van der Waals surface area contributed by atoms with E-state index in [-0.39, 0.29) is 10.8 Å². The van der Waals surface area contributed by atoms with Crippen molar-refractivity contribution in [1.29, 1.82) is 0 Å². The minimum absolute atomic E-state index is 0.0995. The summed E-state index contributed by atoms with van der Waals surface area (Å²) < 4.78 is 0. The molecule has 0 aromatic heterocycles. The summed E-state index contributed by atoms with van der Waals surface area (Å²) in [7, 11) is 0. The molecule has 0 unspecified atom stereocenters. The first-order chi connectivity index (χ1) is 23.2. The van der Waals surface area contributed by atoms with Crippen molar-refractivity contribution in [3.63, 3.8) is 0 Å². The Morgan fingerprint density at radius 2 is 1.10 bits per heavy atom. The maximum Gasteiger partial charge on any atom is 0.0508 e. The molecular formula is C47H41N. The highest BCUT2D eigenvalue weighted by Gasteiger charge is 2.39. The van der Waals surface area contributed by atoms with Crippen molar-refractivity contribution in [3.05, 3.63) is 174 Å². The summed E-state index contributed by atoms with van der Waals surface area (Å²) >= 11 is 0. The number of benzene rings is 7. The van der Waals surface area contributed by atoms with Crippen LogP contribution < -0.4 is 4.90 Å². The molecule has 7 aromatic rings. The highest BCUT2D eigenvalue weighted by atomic mass is 15.1. The molecule has 8 rings (SSSR count). The van der Waals surface area contributed by atoms with Gasteiger partial charge in [0.2, 0.25) is 0 Å². The lowest BCUT2D eigenvalue weighted by atomic mass is 9.80. The third-order valence-corrected chi connectivity index (χ3v) is 10.2. The van der Waals surface area contributed by atoms with E-state index < -0.39 is 0 Å². The average Bonchev–Trinajstić information content (AvgIpc) is 3.35. The van der Waals surface area contributed by atoms with Crippen LogP contribution in [0.25, 0.3) is 44.2 Å². The van der Waals surface area contributed by atoms with Crippen LogP contribution in [-0.4, -0.2) is 0 Å². The number of rotatable bonds is 5. The molecule has 1 heteroatoms. The lowest BCUT2D eigenvalue weighted by Crippen LogP contribution is -2.23. The minimum Gasteiger partial charge on any atom is -0.310 e. The average molecular weight is 620 g/mol. The molecule has 7 aromatic carbocycles. The normalized spacial score (nSPS) is 13.3. The van der Waals surface area contributed by atoms with E-state index in [1.54, 1.807) is 0 Å². The minimum atomic E-state index is -0.157. The van der Waals surface area contributed by atoms with Crippen molar-refractivity contribution in [2.45, 2.75) is 45.4 Å². The van der Waals surface area contributed by atoms with Crippen LogP contribution >= 0.6 is 0 Å². The van der Waals surface area contributed by atoms with Gasteiger partial charge in [-0.2, -0.15) is 0 Å². The van der Waals surface area contributed by atoms with Crippen LogP contribution in [0.2, 0.25) is 0 Å². The van der Waals surface area contributed by atoms with Gasteiger partial charge in [-0.1, -0.05) is 162 Å². The van der Waals surface area contributed by atoms with Crippen LogP contribution in [0.1, 0.15) is 51.3 Å². The third-order valence-electron chi connectivity index (χ3n) is 10.2. The molecule has 1 aliphatic carbocycles. The largest absolute Gasteiger partial charge is 0.310 e. The van der Waals surface area contributed by atoms with Gasteiger partial charge in [0, 0.05) is 16.8 Å². The second-order valence-corrected chi connectivity index (χ2v) is 14.6. The summed E-state index contributed by atoms with van der Waals surface area (Å²) in [6.07, 6.45) is 0. The molecule has 234 valence electrons. The van der Waals surface area contributed by atoms with Gasteiger partial charge in [-0.15, -0.1) is 0 Å². The maximum absolute atomic E-state index is 2.52. The van der Waals surface area contributed by atoms with Gasteiger partial charge in [0.05, 0.1) is 5.69 Å². The summed E-state index contributed by atoms with van der Waals surface area (Å²) in [5, 5.41) is 2.53. The lowest BCUT2D eigenvalue weighted by molar-refractivity contribution is 0.591. The number of hydrogen-bond donors (Lipinski definition) is 0. The lowest BCUT2D eigenvalue weighted by Gasteiger charge is -2.36. The van der Waals surface area contributed by atoms with Crippen LogP contribution in [0, 0.1) is 0 Å². The zero-order valence-corrected chi connectivity index (χ0v) is 28.5. The standard InChI is InChI=1S/C47H41N/c1-46(2,3)42-31-35(32-15-7-6-8-16-32)27-30-43(42)48(44-24-14-22-40-39-20-11-12-23-41(39)47(4,5)45(40)44)36-28-25-34(26-29-36)38-21-13-18-33-17-9-10-19-37(33)38/h6-31H,1-5H3. The predicted molar refractivity (Wildman–Crippen MR) is 206 cm³/mol. The topological polar surface area (TPSA) is 3.24 Å². The summed E-state index contributed by atoms with van der Waals surface area (Å²) in [4.78, 5) is 2.52. The van der Waals surface area contributed by atoms with E-state index in [2.05, 4.69) is 197 Å². The van der Waals surface area contributed by atoms with Gasteiger partial charge in [0.15, 0.2) is 0 Å². The van der Waals surface area contributed by atoms with Gasteiger partial charge < -0.3 is 4.90 Å². The Bertz CT molecular complexity index is 2280. The van der Waals surface area contributed by atoms with Crippen LogP contribution in [0.15, 0.2) is 158 Å². The molecule has 1 nitrogen and oxygen atoms in total. The Hall–Kier alpha value is -5.40. The van der Waals surface area contributed by atoms with Crippen molar-refractivity contribution < 1.29 is 0 Å². The first-order valence-corrected chi connectivity index (χ1v) is 17.0. The maximum atomic E-state index is 2.52. The fraction of sp³-hybridized carbons (Fsp3) is 0.149. The van der Waals surface area contributed by atoms with Gasteiger partial charge in [-0.3, -0.25) is 0 Å².